The van der Waals surface area contributed by atoms with Gasteiger partial charge in [-0.05, 0) is 49.6 Å². The van der Waals surface area contributed by atoms with Crippen LogP contribution in [0.25, 0.3) is 0 Å². The molecule has 0 fully saturated rings. The first kappa shape index (κ1) is 27.1. The third-order valence-electron chi connectivity index (χ3n) is 5.58. The molecule has 0 atom stereocenters. The highest BCUT2D eigenvalue weighted by Gasteiger charge is 2.21. The van der Waals surface area contributed by atoms with Gasteiger partial charge >= 0.3 is 0 Å². The van der Waals surface area contributed by atoms with Crippen LogP contribution >= 0.6 is 15.9 Å². The predicted octanol–water partition coefficient (Wildman–Crippen LogP) is 5.09. The number of ether oxygens (including phenoxy) is 1. The van der Waals surface area contributed by atoms with Crippen molar-refractivity contribution in [2.24, 2.45) is 0 Å². The van der Waals surface area contributed by atoms with Crippen LogP contribution < -0.4 is 0 Å². The summed E-state index contributed by atoms with van der Waals surface area (Å²) in [7, 11) is 0. The molecule has 7 heteroatoms. The van der Waals surface area contributed by atoms with Crippen molar-refractivity contribution in [3.05, 3.63) is 58.3 Å². The van der Waals surface area contributed by atoms with Crippen LogP contribution in [-0.4, -0.2) is 59.0 Å². The summed E-state index contributed by atoms with van der Waals surface area (Å²) in [6.45, 7) is 9.82. The molecule has 2 rings (SSSR count). The molecule has 0 N–H and O–H groups in total. The van der Waals surface area contributed by atoms with Crippen molar-refractivity contribution >= 4 is 27.7 Å². The number of halogens is 1. The second-order valence-corrected chi connectivity index (χ2v) is 9.06. The normalized spacial score (nSPS) is 10.9. The number of hydrogen-bond acceptors (Lipinski definition) is 3. The number of unbranched alkanes of at least 4 members (excludes halogenated alkanes) is 1. The van der Waals surface area contributed by atoms with Crippen LogP contribution in [0.5, 0.6) is 0 Å². The van der Waals surface area contributed by atoms with E-state index in [9.17, 15) is 9.59 Å². The van der Waals surface area contributed by atoms with E-state index in [2.05, 4.69) is 51.8 Å². The van der Waals surface area contributed by atoms with Crippen molar-refractivity contribution in [1.29, 1.82) is 0 Å². The number of nitrogens with zero attached hydrogens (tertiary/aromatic N) is 3. The summed E-state index contributed by atoms with van der Waals surface area (Å²) in [4.78, 5) is 29.3. The van der Waals surface area contributed by atoms with Crippen molar-refractivity contribution in [2.45, 2.75) is 59.5 Å². The molecular weight excluding hydrogens is 482 g/mol. The summed E-state index contributed by atoms with van der Waals surface area (Å²) >= 11 is 3.48. The molecule has 1 aromatic carbocycles. The molecule has 0 bridgehead atoms. The molecule has 0 saturated carbocycles. The van der Waals surface area contributed by atoms with E-state index >= 15 is 0 Å². The Morgan fingerprint density at radius 1 is 0.970 bits per heavy atom. The second-order valence-electron chi connectivity index (χ2n) is 8.14. The second kappa shape index (κ2) is 14.9. The first-order valence-electron chi connectivity index (χ1n) is 12.0. The van der Waals surface area contributed by atoms with E-state index in [0.717, 1.165) is 36.0 Å². The van der Waals surface area contributed by atoms with Gasteiger partial charge in [-0.1, -0.05) is 48.3 Å². The van der Waals surface area contributed by atoms with Crippen LogP contribution in [0.4, 0.5) is 0 Å². The Balaban J connectivity index is 2.08. The molecule has 2 amide bonds. The fourth-order valence-electron chi connectivity index (χ4n) is 3.65. The molecule has 0 saturated heterocycles. The van der Waals surface area contributed by atoms with E-state index in [1.165, 1.54) is 5.56 Å². The van der Waals surface area contributed by atoms with Gasteiger partial charge in [0.05, 0.1) is 13.1 Å². The number of carbonyl (C=O) groups is 2. The zero-order chi connectivity index (χ0) is 24.1. The lowest BCUT2D eigenvalue weighted by molar-refractivity contribution is -0.141. The molecule has 0 aliphatic heterocycles. The fourth-order valence-corrected chi connectivity index (χ4v) is 3.92. The third-order valence-corrected chi connectivity index (χ3v) is 6.11. The molecule has 0 unspecified atom stereocenters. The number of hydrogen-bond donors (Lipinski definition) is 0. The van der Waals surface area contributed by atoms with Gasteiger partial charge < -0.3 is 19.1 Å². The summed E-state index contributed by atoms with van der Waals surface area (Å²) in [5.74, 6) is 0.00644. The molecule has 182 valence electrons. The van der Waals surface area contributed by atoms with Crippen LogP contribution in [0.15, 0.2) is 47.1 Å². The fraction of sp³-hybridized carbons (Fsp3) is 0.538. The van der Waals surface area contributed by atoms with E-state index in [-0.39, 0.29) is 18.4 Å². The van der Waals surface area contributed by atoms with Crippen LogP contribution in [-0.2, 0) is 27.4 Å². The van der Waals surface area contributed by atoms with Gasteiger partial charge in [-0.2, -0.15) is 0 Å². The lowest BCUT2D eigenvalue weighted by atomic mass is 10.2. The van der Waals surface area contributed by atoms with Crippen LogP contribution in [0.2, 0.25) is 0 Å². The lowest BCUT2D eigenvalue weighted by Gasteiger charge is -2.28. The van der Waals surface area contributed by atoms with Crippen molar-refractivity contribution < 1.29 is 14.3 Å². The minimum atomic E-state index is -0.00180. The summed E-state index contributed by atoms with van der Waals surface area (Å²) < 4.78 is 8.65. The molecule has 0 aliphatic rings. The molecule has 0 aliphatic carbocycles. The quantitative estimate of drug-likeness (QED) is 0.308. The highest BCUT2D eigenvalue weighted by atomic mass is 79.9. The average molecular weight is 521 g/mol. The Kier molecular flexibility index (Phi) is 12.3. The molecule has 2 aromatic rings. The lowest BCUT2D eigenvalue weighted by Crippen LogP contribution is -2.43. The first-order chi connectivity index (χ1) is 16.0. The zero-order valence-electron chi connectivity index (χ0n) is 20.3. The summed E-state index contributed by atoms with van der Waals surface area (Å²) in [6, 6.07) is 12.4. The van der Waals surface area contributed by atoms with Gasteiger partial charge in [0.2, 0.25) is 11.8 Å². The summed E-state index contributed by atoms with van der Waals surface area (Å²) in [6.07, 6.45) is 5.13. The van der Waals surface area contributed by atoms with E-state index < -0.39 is 0 Å². The van der Waals surface area contributed by atoms with E-state index in [0.29, 0.717) is 39.3 Å². The average Bonchev–Trinajstić information content (AvgIpc) is 3.25. The molecule has 33 heavy (non-hydrogen) atoms. The Bertz CT molecular complexity index is 851. The minimum Gasteiger partial charge on any atom is -0.382 e. The summed E-state index contributed by atoms with van der Waals surface area (Å²) in [5, 5.41) is 0. The van der Waals surface area contributed by atoms with Gasteiger partial charge in [0.1, 0.15) is 0 Å². The maximum absolute atomic E-state index is 13.3. The Hall–Kier alpha value is -2.12. The highest BCUT2D eigenvalue weighted by molar-refractivity contribution is 9.10. The smallest absolute Gasteiger partial charge is 0.242 e. The number of rotatable bonds is 15. The highest BCUT2D eigenvalue weighted by Crippen LogP contribution is 2.15. The molecule has 1 heterocycles. The van der Waals surface area contributed by atoms with Gasteiger partial charge in [0.15, 0.2) is 0 Å². The summed E-state index contributed by atoms with van der Waals surface area (Å²) in [5.41, 5.74) is 2.29. The van der Waals surface area contributed by atoms with Crippen molar-refractivity contribution in [3.63, 3.8) is 0 Å². The third kappa shape index (κ3) is 9.33. The van der Waals surface area contributed by atoms with Gasteiger partial charge in [0, 0.05) is 55.6 Å². The Morgan fingerprint density at radius 3 is 2.36 bits per heavy atom. The Labute approximate surface area is 207 Å². The largest absolute Gasteiger partial charge is 0.382 e. The molecular formula is C26H38BrN3O3. The topological polar surface area (TPSA) is 54.8 Å². The number of amides is 2. The van der Waals surface area contributed by atoms with Gasteiger partial charge in [-0.25, -0.2) is 0 Å². The number of carbonyl (C=O) groups excluding carboxylic acids is 2. The van der Waals surface area contributed by atoms with Crippen molar-refractivity contribution in [3.8, 4) is 0 Å². The zero-order valence-corrected chi connectivity index (χ0v) is 21.8. The minimum absolute atomic E-state index is 0.00180. The molecule has 0 radical (unpaired) electrons. The van der Waals surface area contributed by atoms with E-state index in [1.54, 1.807) is 4.90 Å². The first-order valence-corrected chi connectivity index (χ1v) is 12.8. The van der Waals surface area contributed by atoms with Crippen molar-refractivity contribution in [1.82, 2.24) is 14.4 Å². The maximum Gasteiger partial charge on any atom is 0.242 e. The Morgan fingerprint density at radius 2 is 1.70 bits per heavy atom. The monoisotopic (exact) mass is 519 g/mol. The van der Waals surface area contributed by atoms with Gasteiger partial charge in [0.25, 0.3) is 0 Å². The van der Waals surface area contributed by atoms with E-state index in [4.69, 9.17) is 4.74 Å². The van der Waals surface area contributed by atoms with E-state index in [1.807, 2.05) is 36.9 Å². The standard InChI is InChI=1S/C26H38BrN3O3/c1-4-7-15-29(26(32)21-30(25(31)5-2)17-9-18-33-6-3)20-24-10-8-16-28(24)19-22-11-13-23(27)14-12-22/h8,10-14,16H,4-7,9,15,17-21H2,1-3H3. The molecule has 6 nitrogen and oxygen atoms in total. The maximum atomic E-state index is 13.3. The molecule has 1 aromatic heterocycles. The predicted molar refractivity (Wildman–Crippen MR) is 136 cm³/mol. The number of aromatic nitrogens is 1. The van der Waals surface area contributed by atoms with Crippen LogP contribution in [0.3, 0.4) is 0 Å². The van der Waals surface area contributed by atoms with Crippen LogP contribution in [0, 0.1) is 0 Å². The van der Waals surface area contributed by atoms with Gasteiger partial charge in [-0.3, -0.25) is 9.59 Å². The number of benzene rings is 1. The van der Waals surface area contributed by atoms with Crippen molar-refractivity contribution in [2.75, 3.05) is 32.8 Å². The molecule has 0 spiro atoms. The SMILES string of the molecule is CCCCN(Cc1cccn1Cc1ccc(Br)cc1)C(=O)CN(CCCOCC)C(=O)CC. The van der Waals surface area contributed by atoms with Gasteiger partial charge in [-0.15, -0.1) is 0 Å². The van der Waals surface area contributed by atoms with Crippen LogP contribution in [0.1, 0.15) is 57.7 Å².